The quantitative estimate of drug-likeness (QED) is 0.675. The van der Waals surface area contributed by atoms with Gasteiger partial charge in [-0.25, -0.2) is 5.06 Å². The number of carbonyl (C=O) groups excluding carboxylic acids is 1. The molecule has 98 valence electrons. The highest BCUT2D eigenvalue weighted by atomic mass is 16.5. The smallest absolute Gasteiger partial charge is 0.243 e. The number of hydrogen-bond acceptors (Lipinski definition) is 3. The van der Waals surface area contributed by atoms with Crippen LogP contribution in [-0.4, -0.2) is 16.2 Å². The van der Waals surface area contributed by atoms with Gasteiger partial charge in [0.2, 0.25) is 5.91 Å². The molecule has 0 aliphatic carbocycles. The van der Waals surface area contributed by atoms with Gasteiger partial charge in [-0.3, -0.25) is 10.0 Å². The summed E-state index contributed by atoms with van der Waals surface area (Å²) in [7, 11) is 0. The number of benzene rings is 2. The summed E-state index contributed by atoms with van der Waals surface area (Å²) < 4.78 is 5.68. The molecule has 0 aliphatic heterocycles. The first-order valence-corrected chi connectivity index (χ1v) is 5.94. The predicted molar refractivity (Wildman–Crippen MR) is 71.0 cm³/mol. The van der Waals surface area contributed by atoms with E-state index in [1.54, 1.807) is 6.07 Å². The third-order valence-electron chi connectivity index (χ3n) is 2.57. The van der Waals surface area contributed by atoms with E-state index in [0.29, 0.717) is 10.8 Å². The molecule has 0 atom stereocenters. The highest BCUT2D eigenvalue weighted by Gasteiger charge is 2.06. The van der Waals surface area contributed by atoms with Crippen molar-refractivity contribution in [3.8, 4) is 11.5 Å². The lowest BCUT2D eigenvalue weighted by molar-refractivity contribution is -0.165. The first-order valence-electron chi connectivity index (χ1n) is 5.94. The van der Waals surface area contributed by atoms with E-state index in [1.165, 1.54) is 6.92 Å². The van der Waals surface area contributed by atoms with Gasteiger partial charge in [-0.2, -0.15) is 0 Å². The number of amides is 1. The number of hydrogen-bond donors (Lipinski definition) is 1. The normalized spacial score (nSPS) is 10.0. The molecule has 0 spiro atoms. The molecule has 0 unspecified atom stereocenters. The van der Waals surface area contributed by atoms with Crippen molar-refractivity contribution in [2.45, 2.75) is 13.5 Å². The molecule has 4 heteroatoms. The second-order valence-corrected chi connectivity index (χ2v) is 4.14. The molecule has 0 aromatic heterocycles. The summed E-state index contributed by atoms with van der Waals surface area (Å²) in [4.78, 5) is 11.0. The maximum Gasteiger partial charge on any atom is 0.243 e. The lowest BCUT2D eigenvalue weighted by Gasteiger charge is -2.13. The van der Waals surface area contributed by atoms with E-state index in [9.17, 15) is 10.0 Å². The fourth-order valence-electron chi connectivity index (χ4n) is 1.62. The van der Waals surface area contributed by atoms with Gasteiger partial charge in [-0.05, 0) is 29.8 Å². The van der Waals surface area contributed by atoms with E-state index in [0.717, 1.165) is 11.3 Å². The second kappa shape index (κ2) is 6.02. The zero-order chi connectivity index (χ0) is 13.7. The molecule has 0 radical (unpaired) electrons. The van der Waals surface area contributed by atoms with Crippen molar-refractivity contribution in [2.24, 2.45) is 0 Å². The SMILES string of the molecule is CC(=O)N(O)Cc1cccc(Oc2ccccc2)c1. The second-order valence-electron chi connectivity index (χ2n) is 4.14. The van der Waals surface area contributed by atoms with Crippen molar-refractivity contribution >= 4 is 5.91 Å². The molecule has 0 saturated heterocycles. The Bertz CT molecular complexity index is 554. The van der Waals surface area contributed by atoms with Crippen LogP contribution in [0.5, 0.6) is 11.5 Å². The molecular formula is C15H15NO3. The summed E-state index contributed by atoms with van der Waals surface area (Å²) in [5.41, 5.74) is 0.797. The first kappa shape index (κ1) is 13.1. The Kier molecular flexibility index (Phi) is 4.15. The molecule has 2 aromatic carbocycles. The summed E-state index contributed by atoms with van der Waals surface area (Å²) in [5.74, 6) is 1.02. The molecule has 4 nitrogen and oxygen atoms in total. The topological polar surface area (TPSA) is 49.8 Å². The third kappa shape index (κ3) is 3.82. The van der Waals surface area contributed by atoms with Crippen LogP contribution in [-0.2, 0) is 11.3 Å². The number of rotatable bonds is 4. The van der Waals surface area contributed by atoms with Crippen molar-refractivity contribution in [3.05, 3.63) is 60.2 Å². The Balaban J connectivity index is 2.09. The Morgan fingerprint density at radius 3 is 2.47 bits per heavy atom. The van der Waals surface area contributed by atoms with Crippen molar-refractivity contribution in [2.75, 3.05) is 0 Å². The average Bonchev–Trinajstić information content (AvgIpc) is 2.40. The van der Waals surface area contributed by atoms with Crippen molar-refractivity contribution in [3.63, 3.8) is 0 Å². The fraction of sp³-hybridized carbons (Fsp3) is 0.133. The maximum atomic E-state index is 11.0. The molecule has 1 amide bonds. The Morgan fingerprint density at radius 2 is 1.79 bits per heavy atom. The highest BCUT2D eigenvalue weighted by molar-refractivity contribution is 5.71. The molecule has 0 bridgehead atoms. The summed E-state index contributed by atoms with van der Waals surface area (Å²) >= 11 is 0. The van der Waals surface area contributed by atoms with Gasteiger partial charge in [-0.15, -0.1) is 0 Å². The van der Waals surface area contributed by atoms with Gasteiger partial charge in [0, 0.05) is 6.92 Å². The monoisotopic (exact) mass is 257 g/mol. The molecule has 0 heterocycles. The van der Waals surface area contributed by atoms with Gasteiger partial charge >= 0.3 is 0 Å². The molecular weight excluding hydrogens is 242 g/mol. The minimum absolute atomic E-state index is 0.140. The van der Waals surface area contributed by atoms with Crippen molar-refractivity contribution in [1.82, 2.24) is 5.06 Å². The van der Waals surface area contributed by atoms with Crippen LogP contribution in [0.4, 0.5) is 0 Å². The summed E-state index contributed by atoms with van der Waals surface area (Å²) in [6.07, 6.45) is 0. The van der Waals surface area contributed by atoms with Crippen LogP contribution < -0.4 is 4.74 Å². The lowest BCUT2D eigenvalue weighted by atomic mass is 10.2. The number of carbonyl (C=O) groups is 1. The number of hydroxylamine groups is 2. The van der Waals surface area contributed by atoms with E-state index in [4.69, 9.17) is 4.74 Å². The molecule has 19 heavy (non-hydrogen) atoms. The fourth-order valence-corrected chi connectivity index (χ4v) is 1.62. The van der Waals surface area contributed by atoms with Gasteiger partial charge in [0.15, 0.2) is 0 Å². The van der Waals surface area contributed by atoms with E-state index in [-0.39, 0.29) is 6.54 Å². The minimum Gasteiger partial charge on any atom is -0.457 e. The maximum absolute atomic E-state index is 11.0. The Hall–Kier alpha value is -2.33. The summed E-state index contributed by atoms with van der Waals surface area (Å²) in [6.45, 7) is 1.45. The lowest BCUT2D eigenvalue weighted by Crippen LogP contribution is -2.23. The predicted octanol–water partition coefficient (Wildman–Crippen LogP) is 3.22. The van der Waals surface area contributed by atoms with Crippen molar-refractivity contribution < 1.29 is 14.7 Å². The van der Waals surface area contributed by atoms with Gasteiger partial charge < -0.3 is 4.74 Å². The van der Waals surface area contributed by atoms with Gasteiger partial charge in [0.25, 0.3) is 0 Å². The van der Waals surface area contributed by atoms with Gasteiger partial charge in [-0.1, -0.05) is 30.3 Å². The molecule has 2 rings (SSSR count). The van der Waals surface area contributed by atoms with Crippen LogP contribution in [0.2, 0.25) is 0 Å². The number of nitrogens with zero attached hydrogens (tertiary/aromatic N) is 1. The minimum atomic E-state index is -0.394. The number of ether oxygens (including phenoxy) is 1. The molecule has 0 aliphatic rings. The average molecular weight is 257 g/mol. The Morgan fingerprint density at radius 1 is 1.11 bits per heavy atom. The van der Waals surface area contributed by atoms with Crippen LogP contribution in [0.25, 0.3) is 0 Å². The van der Waals surface area contributed by atoms with E-state index in [2.05, 4.69) is 0 Å². The third-order valence-corrected chi connectivity index (χ3v) is 2.57. The van der Waals surface area contributed by atoms with E-state index < -0.39 is 5.91 Å². The zero-order valence-electron chi connectivity index (χ0n) is 10.6. The molecule has 2 aromatic rings. The summed E-state index contributed by atoms with van der Waals surface area (Å²) in [6, 6.07) is 16.7. The first-order chi connectivity index (χ1) is 9.15. The van der Waals surface area contributed by atoms with Crippen LogP contribution in [0.15, 0.2) is 54.6 Å². The largest absolute Gasteiger partial charge is 0.457 e. The highest BCUT2D eigenvalue weighted by Crippen LogP contribution is 2.22. The zero-order valence-corrected chi connectivity index (χ0v) is 10.6. The van der Waals surface area contributed by atoms with Crippen LogP contribution in [0.3, 0.4) is 0 Å². The van der Waals surface area contributed by atoms with Gasteiger partial charge in [0.1, 0.15) is 11.5 Å². The van der Waals surface area contributed by atoms with Crippen LogP contribution in [0, 0.1) is 0 Å². The van der Waals surface area contributed by atoms with Crippen molar-refractivity contribution in [1.29, 1.82) is 0 Å². The van der Waals surface area contributed by atoms with Crippen LogP contribution in [0.1, 0.15) is 12.5 Å². The molecule has 0 fully saturated rings. The molecule has 0 saturated carbocycles. The molecule has 1 N–H and O–H groups in total. The van der Waals surface area contributed by atoms with Crippen LogP contribution >= 0.6 is 0 Å². The van der Waals surface area contributed by atoms with E-state index in [1.807, 2.05) is 48.5 Å². The van der Waals surface area contributed by atoms with E-state index >= 15 is 0 Å². The summed E-state index contributed by atoms with van der Waals surface area (Å²) in [5, 5.41) is 10.1. The standard InChI is InChI=1S/C15H15NO3/c1-12(17)16(18)11-13-6-5-9-15(10-13)19-14-7-3-2-4-8-14/h2-10,18H,11H2,1H3. The number of para-hydroxylation sites is 1. The van der Waals surface area contributed by atoms with Gasteiger partial charge in [0.05, 0.1) is 6.54 Å². The Labute approximate surface area is 111 Å².